The summed E-state index contributed by atoms with van der Waals surface area (Å²) in [6.07, 6.45) is 1.32. The fraction of sp³-hybridized carbons (Fsp3) is 0.556. The Hall–Kier alpha value is -2.44. The van der Waals surface area contributed by atoms with Crippen molar-refractivity contribution in [2.75, 3.05) is 19.9 Å². The molecule has 1 unspecified atom stereocenters. The average Bonchev–Trinajstić information content (AvgIpc) is 3.01. The van der Waals surface area contributed by atoms with Gasteiger partial charge in [0.1, 0.15) is 5.60 Å². The van der Waals surface area contributed by atoms with Crippen LogP contribution >= 0.6 is 0 Å². The summed E-state index contributed by atoms with van der Waals surface area (Å²) in [5.41, 5.74) is -0.0154. The van der Waals surface area contributed by atoms with Crippen LogP contribution < -0.4 is 14.8 Å². The van der Waals surface area contributed by atoms with E-state index < -0.39 is 5.60 Å². The number of ether oxygens (including phenoxy) is 3. The summed E-state index contributed by atoms with van der Waals surface area (Å²) in [6.45, 7) is 6.79. The molecule has 2 heterocycles. The highest BCUT2D eigenvalue weighted by Gasteiger charge is 2.28. The van der Waals surface area contributed by atoms with Crippen molar-refractivity contribution in [3.63, 3.8) is 0 Å². The normalized spacial score (nSPS) is 19.5. The van der Waals surface area contributed by atoms with Crippen molar-refractivity contribution >= 4 is 12.0 Å². The van der Waals surface area contributed by atoms with Gasteiger partial charge in [-0.2, -0.15) is 0 Å². The number of carbonyl (C=O) groups excluding carboxylic acids is 2. The van der Waals surface area contributed by atoms with Crippen LogP contribution in [-0.2, 0) is 4.74 Å². The number of carbonyl (C=O) groups is 2. The molecule has 2 amide bonds. The van der Waals surface area contributed by atoms with E-state index in [4.69, 9.17) is 14.2 Å². The summed E-state index contributed by atoms with van der Waals surface area (Å²) in [5.74, 6) is 1.03. The van der Waals surface area contributed by atoms with Gasteiger partial charge in [-0.3, -0.25) is 4.79 Å². The first-order valence-electron chi connectivity index (χ1n) is 8.50. The summed E-state index contributed by atoms with van der Waals surface area (Å²) < 4.78 is 16.0. The van der Waals surface area contributed by atoms with Gasteiger partial charge in [0.05, 0.1) is 0 Å². The van der Waals surface area contributed by atoms with Crippen molar-refractivity contribution < 1.29 is 23.8 Å². The fourth-order valence-corrected chi connectivity index (χ4v) is 2.89. The highest BCUT2D eigenvalue weighted by atomic mass is 16.7. The van der Waals surface area contributed by atoms with E-state index in [-0.39, 0.29) is 24.8 Å². The van der Waals surface area contributed by atoms with E-state index in [1.54, 1.807) is 23.1 Å². The predicted octanol–water partition coefficient (Wildman–Crippen LogP) is 2.54. The van der Waals surface area contributed by atoms with Crippen LogP contribution in [0.5, 0.6) is 11.5 Å². The lowest BCUT2D eigenvalue weighted by Gasteiger charge is -2.34. The van der Waals surface area contributed by atoms with Crippen LogP contribution in [0.2, 0.25) is 0 Å². The Balaban J connectivity index is 1.59. The Bertz CT molecular complexity index is 668. The molecule has 2 aliphatic rings. The summed E-state index contributed by atoms with van der Waals surface area (Å²) in [4.78, 5) is 26.3. The highest BCUT2D eigenvalue weighted by molar-refractivity contribution is 5.95. The molecule has 0 aromatic heterocycles. The van der Waals surface area contributed by atoms with Gasteiger partial charge in [0.15, 0.2) is 11.5 Å². The molecule has 0 bridgehead atoms. The maximum Gasteiger partial charge on any atom is 0.410 e. The number of hydrogen-bond donors (Lipinski definition) is 1. The van der Waals surface area contributed by atoms with Crippen LogP contribution in [0, 0.1) is 0 Å². The lowest BCUT2D eigenvalue weighted by Crippen LogP contribution is -2.50. The number of amides is 2. The third-order valence-corrected chi connectivity index (χ3v) is 4.04. The standard InChI is InChI=1S/C18H24N2O5/c1-18(2,3)25-17(22)20-8-4-5-13(10-20)19-16(21)12-6-7-14-15(9-12)24-11-23-14/h6-7,9,13H,4-5,8,10-11H2,1-3H3,(H,19,21). The maximum absolute atomic E-state index is 12.5. The summed E-state index contributed by atoms with van der Waals surface area (Å²) in [6, 6.07) is 5.01. The van der Waals surface area contributed by atoms with E-state index >= 15 is 0 Å². The molecule has 1 fully saturated rings. The van der Waals surface area contributed by atoms with Gasteiger partial charge in [0.2, 0.25) is 6.79 Å². The highest BCUT2D eigenvalue weighted by Crippen LogP contribution is 2.32. The van der Waals surface area contributed by atoms with Crippen molar-refractivity contribution in [2.24, 2.45) is 0 Å². The molecular weight excluding hydrogens is 324 g/mol. The number of piperidine rings is 1. The third-order valence-electron chi connectivity index (χ3n) is 4.04. The monoisotopic (exact) mass is 348 g/mol. The van der Waals surface area contributed by atoms with Crippen molar-refractivity contribution in [1.82, 2.24) is 10.2 Å². The minimum atomic E-state index is -0.528. The van der Waals surface area contributed by atoms with Crippen molar-refractivity contribution in [2.45, 2.75) is 45.3 Å². The molecule has 1 atom stereocenters. The van der Waals surface area contributed by atoms with Gasteiger partial charge in [-0.1, -0.05) is 0 Å². The molecule has 0 aliphatic carbocycles. The molecular formula is C18H24N2O5. The van der Waals surface area contributed by atoms with Crippen LogP contribution in [0.1, 0.15) is 44.0 Å². The minimum absolute atomic E-state index is 0.0980. The maximum atomic E-state index is 12.5. The second-order valence-corrected chi connectivity index (χ2v) is 7.31. The molecule has 1 aromatic rings. The summed E-state index contributed by atoms with van der Waals surface area (Å²) in [7, 11) is 0. The Labute approximate surface area is 147 Å². The predicted molar refractivity (Wildman–Crippen MR) is 90.9 cm³/mol. The average molecular weight is 348 g/mol. The first-order valence-corrected chi connectivity index (χ1v) is 8.50. The number of likely N-dealkylation sites (tertiary alicyclic amines) is 1. The Morgan fingerprint density at radius 2 is 2.00 bits per heavy atom. The quantitative estimate of drug-likeness (QED) is 0.889. The van der Waals surface area contributed by atoms with E-state index in [0.717, 1.165) is 12.8 Å². The Kier molecular flexibility index (Phi) is 4.74. The second-order valence-electron chi connectivity index (χ2n) is 7.31. The van der Waals surface area contributed by atoms with Gasteiger partial charge in [-0.15, -0.1) is 0 Å². The molecule has 7 nitrogen and oxygen atoms in total. The first-order chi connectivity index (χ1) is 11.8. The molecule has 0 radical (unpaired) electrons. The summed E-state index contributed by atoms with van der Waals surface area (Å²) >= 11 is 0. The van der Waals surface area contributed by atoms with Crippen LogP contribution in [0.15, 0.2) is 18.2 Å². The van der Waals surface area contributed by atoms with Gasteiger partial charge < -0.3 is 24.4 Å². The molecule has 3 rings (SSSR count). The van der Waals surface area contributed by atoms with Gasteiger partial charge in [-0.25, -0.2) is 4.79 Å². The molecule has 1 saturated heterocycles. The van der Waals surface area contributed by atoms with Crippen LogP contribution in [-0.4, -0.2) is 48.4 Å². The van der Waals surface area contributed by atoms with E-state index in [1.165, 1.54) is 0 Å². The number of fused-ring (bicyclic) bond motifs is 1. The van der Waals surface area contributed by atoms with E-state index in [0.29, 0.717) is 30.2 Å². The van der Waals surface area contributed by atoms with Crippen LogP contribution in [0.3, 0.4) is 0 Å². The zero-order valence-electron chi connectivity index (χ0n) is 14.8. The zero-order valence-corrected chi connectivity index (χ0v) is 14.8. The lowest BCUT2D eigenvalue weighted by atomic mass is 10.1. The molecule has 0 spiro atoms. The van der Waals surface area contributed by atoms with E-state index in [1.807, 2.05) is 20.8 Å². The Morgan fingerprint density at radius 1 is 1.24 bits per heavy atom. The van der Waals surface area contributed by atoms with Crippen molar-refractivity contribution in [1.29, 1.82) is 0 Å². The number of nitrogens with one attached hydrogen (secondary N) is 1. The fourth-order valence-electron chi connectivity index (χ4n) is 2.89. The number of rotatable bonds is 2. The van der Waals surface area contributed by atoms with E-state index in [9.17, 15) is 9.59 Å². The molecule has 25 heavy (non-hydrogen) atoms. The van der Waals surface area contributed by atoms with Gasteiger partial charge in [0.25, 0.3) is 5.91 Å². The van der Waals surface area contributed by atoms with Gasteiger partial charge in [0, 0.05) is 24.7 Å². The SMILES string of the molecule is CC(C)(C)OC(=O)N1CCCC(NC(=O)c2ccc3c(c2)OCO3)C1. The second kappa shape index (κ2) is 6.82. The molecule has 1 aromatic carbocycles. The lowest BCUT2D eigenvalue weighted by molar-refractivity contribution is 0.0185. The number of benzene rings is 1. The zero-order chi connectivity index (χ0) is 18.0. The van der Waals surface area contributed by atoms with Gasteiger partial charge >= 0.3 is 6.09 Å². The minimum Gasteiger partial charge on any atom is -0.454 e. The third kappa shape index (κ3) is 4.35. The topological polar surface area (TPSA) is 77.1 Å². The number of nitrogens with zero attached hydrogens (tertiary/aromatic N) is 1. The molecule has 1 N–H and O–H groups in total. The largest absolute Gasteiger partial charge is 0.454 e. The molecule has 0 saturated carbocycles. The van der Waals surface area contributed by atoms with Crippen LogP contribution in [0.25, 0.3) is 0 Å². The van der Waals surface area contributed by atoms with E-state index in [2.05, 4.69) is 5.32 Å². The van der Waals surface area contributed by atoms with Crippen molar-refractivity contribution in [3.8, 4) is 11.5 Å². The first kappa shape index (κ1) is 17.4. The van der Waals surface area contributed by atoms with Crippen LogP contribution in [0.4, 0.5) is 4.79 Å². The molecule has 2 aliphatic heterocycles. The number of hydrogen-bond acceptors (Lipinski definition) is 5. The van der Waals surface area contributed by atoms with Gasteiger partial charge in [-0.05, 0) is 51.8 Å². The van der Waals surface area contributed by atoms with Crippen molar-refractivity contribution in [3.05, 3.63) is 23.8 Å². The molecule has 136 valence electrons. The smallest absolute Gasteiger partial charge is 0.410 e. The molecule has 7 heteroatoms. The summed E-state index contributed by atoms with van der Waals surface area (Å²) in [5, 5.41) is 2.99. The Morgan fingerprint density at radius 3 is 2.76 bits per heavy atom.